The molecule has 156 valence electrons. The zero-order chi connectivity index (χ0) is 20.8. The number of likely N-dealkylation sites (tertiary alicyclic amines) is 1. The molecule has 4 aliphatic heterocycles. The number of carbonyl (C=O) groups is 1. The van der Waals surface area contributed by atoms with Gasteiger partial charge in [-0.05, 0) is 60.7 Å². The fourth-order valence-electron chi connectivity index (χ4n) is 6.24. The van der Waals surface area contributed by atoms with Gasteiger partial charge in [0.15, 0.2) is 0 Å². The van der Waals surface area contributed by atoms with Gasteiger partial charge >= 0.3 is 0 Å². The molecule has 3 unspecified atom stereocenters. The van der Waals surface area contributed by atoms with Gasteiger partial charge in [-0.15, -0.1) is 0 Å². The van der Waals surface area contributed by atoms with Gasteiger partial charge in [-0.1, -0.05) is 54.6 Å². The number of carbonyl (C=O) groups excluding carboxylic acids is 1. The summed E-state index contributed by atoms with van der Waals surface area (Å²) in [6.07, 6.45) is 6.23. The van der Waals surface area contributed by atoms with E-state index in [9.17, 15) is 4.79 Å². The molecule has 0 saturated carbocycles. The highest BCUT2D eigenvalue weighted by Gasteiger charge is 2.54. The first-order chi connectivity index (χ1) is 15.3. The zero-order valence-electron chi connectivity index (χ0n) is 17.6. The van der Waals surface area contributed by atoms with Crippen LogP contribution in [0.2, 0.25) is 0 Å². The van der Waals surface area contributed by atoms with E-state index in [2.05, 4.69) is 39.0 Å². The minimum Gasteiger partial charge on any atom is -0.333 e. The first-order valence-corrected chi connectivity index (χ1v) is 11.4. The highest BCUT2D eigenvalue weighted by molar-refractivity contribution is 6.01. The van der Waals surface area contributed by atoms with E-state index in [1.807, 2.05) is 54.9 Å². The van der Waals surface area contributed by atoms with Crippen molar-refractivity contribution >= 4 is 5.91 Å². The number of pyridine rings is 1. The van der Waals surface area contributed by atoms with Crippen LogP contribution in [0.5, 0.6) is 0 Å². The molecule has 0 aliphatic carbocycles. The van der Waals surface area contributed by atoms with Gasteiger partial charge in [-0.3, -0.25) is 14.7 Å². The summed E-state index contributed by atoms with van der Waals surface area (Å²) in [6, 6.07) is 23.3. The second-order valence-electron chi connectivity index (χ2n) is 9.12. The third kappa shape index (κ3) is 3.09. The largest absolute Gasteiger partial charge is 0.333 e. The molecule has 0 radical (unpaired) electrons. The zero-order valence-corrected chi connectivity index (χ0v) is 17.6. The number of aromatic nitrogens is 1. The van der Waals surface area contributed by atoms with E-state index < -0.39 is 0 Å². The number of rotatable bonds is 3. The van der Waals surface area contributed by atoms with Crippen LogP contribution in [0.4, 0.5) is 0 Å². The summed E-state index contributed by atoms with van der Waals surface area (Å²) in [7, 11) is 0. The molecule has 5 heterocycles. The Kier molecular flexibility index (Phi) is 4.61. The number of hydrogen-bond donors (Lipinski definition) is 0. The number of hydrogen-bond acceptors (Lipinski definition) is 3. The SMILES string of the molecule is O=C(c1ccccc1-c1ccccc1)N1CC(c2cccnc2)C2C1C1CCN2CC1. The lowest BCUT2D eigenvalue weighted by Crippen LogP contribution is -2.60. The fourth-order valence-corrected chi connectivity index (χ4v) is 6.24. The molecule has 4 saturated heterocycles. The van der Waals surface area contributed by atoms with Crippen molar-refractivity contribution in [3.63, 3.8) is 0 Å². The Morgan fingerprint density at radius 2 is 1.65 bits per heavy atom. The van der Waals surface area contributed by atoms with Crippen LogP contribution in [0.1, 0.15) is 34.7 Å². The standard InChI is InChI=1S/C27H27N3O/c31-27(23-11-5-4-10-22(23)19-7-2-1-3-8-19)30-18-24(21-9-6-14-28-17-21)26-25(30)20-12-15-29(26)16-13-20/h1-11,14,17,20,24-26H,12-13,15-16,18H2. The topological polar surface area (TPSA) is 36.4 Å². The van der Waals surface area contributed by atoms with Crippen molar-refractivity contribution in [3.8, 4) is 11.1 Å². The number of nitrogens with zero attached hydrogens (tertiary/aromatic N) is 3. The van der Waals surface area contributed by atoms with Crippen molar-refractivity contribution < 1.29 is 4.79 Å². The third-order valence-corrected chi connectivity index (χ3v) is 7.61. The predicted octanol–water partition coefficient (Wildman–Crippen LogP) is 4.45. The molecule has 4 nitrogen and oxygen atoms in total. The van der Waals surface area contributed by atoms with E-state index in [1.54, 1.807) is 0 Å². The Bertz CT molecular complexity index is 1080. The van der Waals surface area contributed by atoms with Crippen LogP contribution in [0.3, 0.4) is 0 Å². The Balaban J connectivity index is 1.40. The molecule has 3 atom stereocenters. The van der Waals surface area contributed by atoms with E-state index in [-0.39, 0.29) is 5.91 Å². The van der Waals surface area contributed by atoms with E-state index >= 15 is 0 Å². The highest BCUT2D eigenvalue weighted by Crippen LogP contribution is 2.47. The molecule has 1 amide bonds. The van der Waals surface area contributed by atoms with Gasteiger partial charge in [0.2, 0.25) is 0 Å². The van der Waals surface area contributed by atoms with E-state index in [1.165, 1.54) is 18.4 Å². The normalized spacial score (nSPS) is 29.0. The molecule has 4 heteroatoms. The van der Waals surface area contributed by atoms with Gasteiger partial charge in [-0.2, -0.15) is 0 Å². The van der Waals surface area contributed by atoms with Crippen LogP contribution >= 0.6 is 0 Å². The molecule has 4 aliphatic rings. The summed E-state index contributed by atoms with van der Waals surface area (Å²) < 4.78 is 0. The van der Waals surface area contributed by atoms with Crippen LogP contribution in [-0.2, 0) is 0 Å². The Morgan fingerprint density at radius 3 is 2.42 bits per heavy atom. The van der Waals surface area contributed by atoms with Gasteiger partial charge in [0.05, 0.1) is 6.04 Å². The monoisotopic (exact) mass is 409 g/mol. The second-order valence-corrected chi connectivity index (χ2v) is 9.12. The minimum atomic E-state index is 0.176. The lowest BCUT2D eigenvalue weighted by molar-refractivity contribution is -0.00339. The van der Waals surface area contributed by atoms with Crippen LogP contribution in [-0.4, -0.2) is 52.4 Å². The number of piperidine rings is 3. The summed E-state index contributed by atoms with van der Waals surface area (Å²) in [6.45, 7) is 3.09. The summed E-state index contributed by atoms with van der Waals surface area (Å²) in [5.41, 5.74) is 4.20. The molecule has 4 fully saturated rings. The smallest absolute Gasteiger partial charge is 0.254 e. The Hall–Kier alpha value is -2.98. The van der Waals surface area contributed by atoms with E-state index in [0.29, 0.717) is 23.9 Å². The second kappa shape index (κ2) is 7.61. The first-order valence-electron chi connectivity index (χ1n) is 11.4. The fraction of sp³-hybridized carbons (Fsp3) is 0.333. The molecule has 1 aromatic heterocycles. The van der Waals surface area contributed by atoms with Crippen molar-refractivity contribution in [2.75, 3.05) is 19.6 Å². The maximum absolute atomic E-state index is 14.0. The van der Waals surface area contributed by atoms with Gasteiger partial charge in [0, 0.05) is 36.5 Å². The Labute approximate surface area is 183 Å². The lowest BCUT2D eigenvalue weighted by Gasteiger charge is -2.51. The molecule has 0 N–H and O–H groups in total. The quantitative estimate of drug-likeness (QED) is 0.641. The molecule has 2 bridgehead atoms. The molecule has 7 rings (SSSR count). The molecular formula is C27H27N3O. The molecule has 31 heavy (non-hydrogen) atoms. The van der Waals surface area contributed by atoms with Crippen molar-refractivity contribution in [3.05, 3.63) is 90.3 Å². The van der Waals surface area contributed by atoms with Gasteiger partial charge in [0.1, 0.15) is 0 Å². The minimum absolute atomic E-state index is 0.176. The van der Waals surface area contributed by atoms with Gasteiger partial charge < -0.3 is 4.90 Å². The van der Waals surface area contributed by atoms with Crippen molar-refractivity contribution in [2.45, 2.75) is 30.8 Å². The van der Waals surface area contributed by atoms with Crippen molar-refractivity contribution in [1.82, 2.24) is 14.8 Å². The lowest BCUT2D eigenvalue weighted by atomic mass is 9.75. The van der Waals surface area contributed by atoms with Crippen LogP contribution in [0, 0.1) is 5.92 Å². The summed E-state index contributed by atoms with van der Waals surface area (Å²) in [5.74, 6) is 1.11. The molecule has 0 spiro atoms. The maximum atomic E-state index is 14.0. The highest BCUT2D eigenvalue weighted by atomic mass is 16.2. The molecular weight excluding hydrogens is 382 g/mol. The Morgan fingerprint density at radius 1 is 0.871 bits per heavy atom. The number of fused-ring (bicyclic) bond motifs is 2. The average Bonchev–Trinajstić information content (AvgIpc) is 3.28. The van der Waals surface area contributed by atoms with Crippen LogP contribution in [0.15, 0.2) is 79.1 Å². The number of benzene rings is 2. The molecule has 2 aromatic carbocycles. The first kappa shape index (κ1) is 18.8. The summed E-state index contributed by atoms with van der Waals surface area (Å²) >= 11 is 0. The average molecular weight is 410 g/mol. The van der Waals surface area contributed by atoms with Crippen LogP contribution < -0.4 is 0 Å². The van der Waals surface area contributed by atoms with Crippen LogP contribution in [0.25, 0.3) is 11.1 Å². The third-order valence-electron chi connectivity index (χ3n) is 7.61. The summed E-state index contributed by atoms with van der Waals surface area (Å²) in [5, 5.41) is 0. The van der Waals surface area contributed by atoms with E-state index in [0.717, 1.165) is 36.3 Å². The predicted molar refractivity (Wildman–Crippen MR) is 122 cm³/mol. The van der Waals surface area contributed by atoms with E-state index in [4.69, 9.17) is 0 Å². The van der Waals surface area contributed by atoms with Gasteiger partial charge in [0.25, 0.3) is 5.91 Å². The van der Waals surface area contributed by atoms with Crippen molar-refractivity contribution in [1.29, 1.82) is 0 Å². The molecule has 3 aromatic rings. The van der Waals surface area contributed by atoms with Gasteiger partial charge in [-0.25, -0.2) is 0 Å². The summed E-state index contributed by atoms with van der Waals surface area (Å²) in [4.78, 5) is 23.3. The van der Waals surface area contributed by atoms with Crippen molar-refractivity contribution in [2.24, 2.45) is 5.92 Å². The maximum Gasteiger partial charge on any atom is 0.254 e. The number of amides is 1.